The molecule has 1 rings (SSSR count). The van der Waals surface area contributed by atoms with E-state index < -0.39 is 0 Å². The van der Waals surface area contributed by atoms with Crippen molar-refractivity contribution in [1.82, 2.24) is 4.57 Å². The molecule has 12 heavy (non-hydrogen) atoms. The molecule has 0 aliphatic rings. The molecule has 0 fully saturated rings. The Morgan fingerprint density at radius 3 is 3.00 bits per heavy atom. The second kappa shape index (κ2) is 3.92. The summed E-state index contributed by atoms with van der Waals surface area (Å²) in [6, 6.07) is 2.65. The quantitative estimate of drug-likeness (QED) is 0.703. The van der Waals surface area contributed by atoms with Crippen molar-refractivity contribution in [2.45, 2.75) is 6.54 Å². The lowest BCUT2D eigenvalue weighted by Crippen LogP contribution is -2.20. The Morgan fingerprint density at radius 1 is 1.67 bits per heavy atom. The summed E-state index contributed by atoms with van der Waals surface area (Å²) in [4.78, 5) is 11.1. The molecule has 1 aromatic heterocycles. The maximum absolute atomic E-state index is 11.1. The van der Waals surface area contributed by atoms with Crippen LogP contribution >= 0.6 is 0 Å². The van der Waals surface area contributed by atoms with Crippen LogP contribution in [0.5, 0.6) is 5.75 Å². The Kier molecular flexibility index (Phi) is 2.88. The van der Waals surface area contributed by atoms with E-state index in [9.17, 15) is 4.79 Å². The molecule has 0 amide bonds. The fourth-order valence-electron chi connectivity index (χ4n) is 0.872. The summed E-state index contributed by atoms with van der Waals surface area (Å²) in [5.74, 6) is -0.00586. The SMILES string of the molecule is COCCn1ccc(O)cc1=O. The van der Waals surface area contributed by atoms with Gasteiger partial charge in [-0.1, -0.05) is 0 Å². The molecule has 0 aromatic carbocycles. The standard InChI is InChI=1S/C8H11NO3/c1-12-5-4-9-3-2-7(10)6-8(9)11/h2-3,6,10H,4-5H2,1H3. The van der Waals surface area contributed by atoms with Crippen molar-refractivity contribution in [3.8, 4) is 5.75 Å². The van der Waals surface area contributed by atoms with Crippen LogP contribution in [-0.2, 0) is 11.3 Å². The summed E-state index contributed by atoms with van der Waals surface area (Å²) in [5.41, 5.74) is -0.216. The number of pyridine rings is 1. The molecule has 66 valence electrons. The zero-order valence-electron chi connectivity index (χ0n) is 6.86. The van der Waals surface area contributed by atoms with Crippen molar-refractivity contribution in [2.24, 2.45) is 0 Å². The van der Waals surface area contributed by atoms with Crippen LogP contribution in [0.4, 0.5) is 0 Å². The molecule has 0 aliphatic heterocycles. The second-order valence-electron chi connectivity index (χ2n) is 2.41. The zero-order chi connectivity index (χ0) is 8.97. The first kappa shape index (κ1) is 8.80. The van der Waals surface area contributed by atoms with Crippen molar-refractivity contribution in [3.05, 3.63) is 28.7 Å². The van der Waals surface area contributed by atoms with E-state index in [-0.39, 0.29) is 11.3 Å². The van der Waals surface area contributed by atoms with Crippen molar-refractivity contribution in [2.75, 3.05) is 13.7 Å². The van der Waals surface area contributed by atoms with Gasteiger partial charge in [-0.3, -0.25) is 4.79 Å². The monoisotopic (exact) mass is 169 g/mol. The van der Waals surface area contributed by atoms with Crippen LogP contribution in [0.3, 0.4) is 0 Å². The number of methoxy groups -OCH3 is 1. The Hall–Kier alpha value is -1.29. The minimum atomic E-state index is -0.216. The van der Waals surface area contributed by atoms with E-state index in [1.165, 1.54) is 22.9 Å². The third kappa shape index (κ3) is 2.10. The Balaban J connectivity index is 2.80. The van der Waals surface area contributed by atoms with Gasteiger partial charge in [0.05, 0.1) is 6.61 Å². The van der Waals surface area contributed by atoms with E-state index in [4.69, 9.17) is 9.84 Å². The zero-order valence-corrected chi connectivity index (χ0v) is 6.86. The molecule has 1 N–H and O–H groups in total. The smallest absolute Gasteiger partial charge is 0.254 e. The molecule has 0 bridgehead atoms. The lowest BCUT2D eigenvalue weighted by atomic mass is 10.4. The van der Waals surface area contributed by atoms with Gasteiger partial charge in [0.15, 0.2) is 0 Å². The average Bonchev–Trinajstić information content (AvgIpc) is 2.03. The topological polar surface area (TPSA) is 51.5 Å². The first-order valence-electron chi connectivity index (χ1n) is 3.62. The third-order valence-electron chi connectivity index (χ3n) is 1.52. The predicted octanol–water partition coefficient (Wildman–Crippen LogP) is 0.200. The van der Waals surface area contributed by atoms with E-state index in [1.807, 2.05) is 0 Å². The van der Waals surface area contributed by atoms with Gasteiger partial charge in [0.25, 0.3) is 5.56 Å². The van der Waals surface area contributed by atoms with Crippen molar-refractivity contribution < 1.29 is 9.84 Å². The van der Waals surface area contributed by atoms with Crippen LogP contribution in [-0.4, -0.2) is 23.4 Å². The van der Waals surface area contributed by atoms with E-state index in [0.29, 0.717) is 13.2 Å². The molecule has 0 radical (unpaired) electrons. The van der Waals surface area contributed by atoms with Gasteiger partial charge in [0.2, 0.25) is 0 Å². The summed E-state index contributed by atoms with van der Waals surface area (Å²) in [5, 5.41) is 8.92. The summed E-state index contributed by atoms with van der Waals surface area (Å²) in [6.45, 7) is 1.00. The number of nitrogens with zero attached hydrogens (tertiary/aromatic N) is 1. The van der Waals surface area contributed by atoms with Crippen LogP contribution in [0.1, 0.15) is 0 Å². The molecule has 0 saturated carbocycles. The molecule has 0 aliphatic carbocycles. The number of rotatable bonds is 3. The molecule has 4 nitrogen and oxygen atoms in total. The lowest BCUT2D eigenvalue weighted by Gasteiger charge is -2.03. The Bertz CT molecular complexity index is 305. The highest BCUT2D eigenvalue weighted by atomic mass is 16.5. The maximum Gasteiger partial charge on any atom is 0.254 e. The van der Waals surface area contributed by atoms with Crippen LogP contribution in [0.15, 0.2) is 23.1 Å². The summed E-state index contributed by atoms with van der Waals surface area (Å²) in [7, 11) is 1.57. The molecule has 1 heterocycles. The van der Waals surface area contributed by atoms with Crippen LogP contribution in [0.25, 0.3) is 0 Å². The van der Waals surface area contributed by atoms with E-state index in [0.717, 1.165) is 0 Å². The average molecular weight is 169 g/mol. The summed E-state index contributed by atoms with van der Waals surface area (Å²) >= 11 is 0. The van der Waals surface area contributed by atoms with Gasteiger partial charge < -0.3 is 14.4 Å². The van der Waals surface area contributed by atoms with Crippen LogP contribution in [0.2, 0.25) is 0 Å². The lowest BCUT2D eigenvalue weighted by molar-refractivity contribution is 0.186. The van der Waals surface area contributed by atoms with Gasteiger partial charge in [-0.2, -0.15) is 0 Å². The van der Waals surface area contributed by atoms with Gasteiger partial charge in [-0.25, -0.2) is 0 Å². The van der Waals surface area contributed by atoms with Crippen molar-refractivity contribution >= 4 is 0 Å². The Labute approximate surface area is 70.0 Å². The highest BCUT2D eigenvalue weighted by Crippen LogP contribution is 2.00. The van der Waals surface area contributed by atoms with Gasteiger partial charge in [0.1, 0.15) is 5.75 Å². The predicted molar refractivity (Wildman–Crippen MR) is 44.2 cm³/mol. The fraction of sp³-hybridized carbons (Fsp3) is 0.375. The van der Waals surface area contributed by atoms with E-state index in [1.54, 1.807) is 7.11 Å². The molecular formula is C8H11NO3. The van der Waals surface area contributed by atoms with Crippen molar-refractivity contribution in [1.29, 1.82) is 0 Å². The largest absolute Gasteiger partial charge is 0.508 e. The molecule has 0 atom stereocenters. The van der Waals surface area contributed by atoms with Crippen LogP contribution < -0.4 is 5.56 Å². The highest BCUT2D eigenvalue weighted by Gasteiger charge is 1.95. The van der Waals surface area contributed by atoms with E-state index in [2.05, 4.69) is 0 Å². The number of aromatic hydroxyl groups is 1. The molecule has 4 heteroatoms. The van der Waals surface area contributed by atoms with E-state index >= 15 is 0 Å². The summed E-state index contributed by atoms with van der Waals surface area (Å²) in [6.07, 6.45) is 1.54. The first-order chi connectivity index (χ1) is 5.74. The molecule has 0 unspecified atom stereocenters. The van der Waals surface area contributed by atoms with Gasteiger partial charge in [-0.05, 0) is 6.07 Å². The molecular weight excluding hydrogens is 158 g/mol. The van der Waals surface area contributed by atoms with Gasteiger partial charge >= 0.3 is 0 Å². The minimum absolute atomic E-state index is 0.00586. The van der Waals surface area contributed by atoms with Gasteiger partial charge in [-0.15, -0.1) is 0 Å². The minimum Gasteiger partial charge on any atom is -0.508 e. The summed E-state index contributed by atoms with van der Waals surface area (Å²) < 4.78 is 6.28. The Morgan fingerprint density at radius 2 is 2.42 bits per heavy atom. The maximum atomic E-state index is 11.1. The number of ether oxygens (including phenoxy) is 1. The highest BCUT2D eigenvalue weighted by molar-refractivity contribution is 5.15. The first-order valence-corrected chi connectivity index (χ1v) is 3.62. The van der Waals surface area contributed by atoms with Gasteiger partial charge in [0, 0.05) is 25.9 Å². The number of hydrogen-bond donors (Lipinski definition) is 1. The van der Waals surface area contributed by atoms with Crippen LogP contribution in [0, 0.1) is 0 Å². The fourth-order valence-corrected chi connectivity index (χ4v) is 0.872. The normalized spacial score (nSPS) is 10.1. The molecule has 0 spiro atoms. The number of hydrogen-bond acceptors (Lipinski definition) is 3. The molecule has 0 saturated heterocycles. The molecule has 1 aromatic rings. The number of aromatic nitrogens is 1. The second-order valence-corrected chi connectivity index (χ2v) is 2.41. The third-order valence-corrected chi connectivity index (χ3v) is 1.52. The van der Waals surface area contributed by atoms with Crippen molar-refractivity contribution in [3.63, 3.8) is 0 Å².